The molecule has 0 bridgehead atoms. The molecule has 5 heterocycles. The van der Waals surface area contributed by atoms with Crippen LogP contribution in [0.25, 0.3) is 154 Å². The third kappa shape index (κ3) is 5.83. The number of thiophene rings is 3. The molecule has 0 fully saturated rings. The Kier molecular flexibility index (Phi) is 9.05. The lowest BCUT2D eigenvalue weighted by Gasteiger charge is -2.26. The Labute approximate surface area is 441 Å². The predicted octanol–water partition coefficient (Wildman–Crippen LogP) is 20.4. The van der Waals surface area contributed by atoms with E-state index in [1.807, 2.05) is 12.1 Å². The molecule has 4 nitrogen and oxygen atoms in total. The van der Waals surface area contributed by atoms with Crippen LogP contribution in [0.1, 0.15) is 5.56 Å². The molecule has 11 aromatic carbocycles. The summed E-state index contributed by atoms with van der Waals surface area (Å²) in [6, 6.07) is 80.7. The minimum atomic E-state index is 0.415. The maximum Gasteiger partial charge on any atom is 0.221 e. The van der Waals surface area contributed by atoms with Gasteiger partial charge in [0.2, 0.25) is 5.69 Å². The van der Waals surface area contributed by atoms with Crippen LogP contribution in [0.5, 0.6) is 0 Å². The Morgan fingerprint density at radius 2 is 0.720 bits per heavy atom. The van der Waals surface area contributed by atoms with Gasteiger partial charge in [-0.05, 0) is 34.9 Å². The summed E-state index contributed by atoms with van der Waals surface area (Å²) in [7, 11) is 0. The van der Waals surface area contributed by atoms with Crippen molar-refractivity contribution in [3.05, 3.63) is 235 Å². The molecule has 5 aromatic heterocycles. The number of nitrogens with zero attached hydrogens (tertiary/aromatic N) is 4. The molecular weight excluding hydrogens is 969 g/mol. The zero-order valence-electron chi connectivity index (χ0n) is 39.8. The average Bonchev–Trinajstić information content (AvgIpc) is 4.44. The second-order valence-electron chi connectivity index (χ2n) is 19.2. The standard InChI is InChI=1S/C68H36N4S3/c1-70-59-58(41-22-9-4-10-23-41)65(71-60-42(39-18-5-2-6-19-39)27-17-28-46(60)47-32-35-50-43-24-11-14-29-54(43)73-66(50)62(47)71)57(40-20-7-3-8-21-40)53(38-69)61(59)72-63-48(33-36-51-44-25-12-15-30-55(44)74-67(51)63)49-34-37-52-45-26-13-16-31-56(45)75-68(52)64(49)72/h2-37H. The summed E-state index contributed by atoms with van der Waals surface area (Å²) in [6.07, 6.45) is 0. The second kappa shape index (κ2) is 16.1. The van der Waals surface area contributed by atoms with Crippen molar-refractivity contribution in [2.75, 3.05) is 0 Å². The highest BCUT2D eigenvalue weighted by atomic mass is 32.1. The van der Waals surface area contributed by atoms with E-state index in [1.54, 1.807) is 34.0 Å². The number of hydrogen-bond acceptors (Lipinski definition) is 4. The lowest BCUT2D eigenvalue weighted by Crippen LogP contribution is -2.08. The lowest BCUT2D eigenvalue weighted by molar-refractivity contribution is 1.15. The lowest BCUT2D eigenvalue weighted by atomic mass is 9.88. The first kappa shape index (κ1) is 42.2. The van der Waals surface area contributed by atoms with Gasteiger partial charge in [-0.1, -0.05) is 200 Å². The third-order valence-electron chi connectivity index (χ3n) is 15.4. The largest absolute Gasteiger partial charge is 0.315 e. The van der Waals surface area contributed by atoms with Crippen molar-refractivity contribution in [3.63, 3.8) is 0 Å². The molecule has 16 aromatic rings. The number of para-hydroxylation sites is 1. The van der Waals surface area contributed by atoms with E-state index in [-0.39, 0.29) is 0 Å². The highest BCUT2D eigenvalue weighted by molar-refractivity contribution is 7.27. The quantitative estimate of drug-likeness (QED) is 0.158. The Morgan fingerprint density at radius 3 is 1.17 bits per heavy atom. The van der Waals surface area contributed by atoms with Crippen LogP contribution in [0.15, 0.2) is 218 Å². The monoisotopic (exact) mass is 1000 g/mol. The van der Waals surface area contributed by atoms with E-state index >= 15 is 0 Å². The van der Waals surface area contributed by atoms with E-state index in [1.165, 1.54) is 35.6 Å². The third-order valence-corrected chi connectivity index (χ3v) is 19.0. The molecule has 0 aliphatic heterocycles. The van der Waals surface area contributed by atoms with Crippen LogP contribution in [-0.4, -0.2) is 9.13 Å². The fraction of sp³-hybridized carbons (Fsp3) is 0. The molecule has 346 valence electrons. The molecule has 0 atom stereocenters. The molecule has 0 radical (unpaired) electrons. The molecule has 0 saturated carbocycles. The van der Waals surface area contributed by atoms with Crippen molar-refractivity contribution in [3.8, 4) is 50.8 Å². The van der Waals surface area contributed by atoms with Crippen LogP contribution < -0.4 is 0 Å². The van der Waals surface area contributed by atoms with Gasteiger partial charge >= 0.3 is 0 Å². The summed E-state index contributed by atoms with van der Waals surface area (Å²) in [5.74, 6) is 0. The Hall–Kier alpha value is -9.34. The van der Waals surface area contributed by atoms with Gasteiger partial charge in [-0.15, -0.1) is 34.0 Å². The van der Waals surface area contributed by atoms with Crippen molar-refractivity contribution in [1.82, 2.24) is 9.13 Å². The molecule has 0 aliphatic rings. The van der Waals surface area contributed by atoms with Gasteiger partial charge in [0.25, 0.3) is 0 Å². The summed E-state index contributed by atoms with van der Waals surface area (Å²) in [4.78, 5) is 4.79. The second-order valence-corrected chi connectivity index (χ2v) is 22.3. The van der Waals surface area contributed by atoms with Crippen molar-refractivity contribution in [1.29, 1.82) is 5.26 Å². The maximum absolute atomic E-state index is 12.5. The van der Waals surface area contributed by atoms with Crippen molar-refractivity contribution in [2.24, 2.45) is 0 Å². The fourth-order valence-electron chi connectivity index (χ4n) is 12.3. The molecule has 0 aliphatic carbocycles. The number of benzene rings is 11. The van der Waals surface area contributed by atoms with E-state index in [4.69, 9.17) is 4.85 Å². The van der Waals surface area contributed by atoms with Crippen LogP contribution >= 0.6 is 34.0 Å². The summed E-state index contributed by atoms with van der Waals surface area (Å²) in [5, 5.41) is 23.9. The van der Waals surface area contributed by atoms with E-state index in [0.29, 0.717) is 16.9 Å². The molecule has 7 heteroatoms. The smallest absolute Gasteiger partial charge is 0.221 e. The van der Waals surface area contributed by atoms with Crippen LogP contribution in [0, 0.1) is 17.9 Å². The first-order valence-electron chi connectivity index (χ1n) is 24.9. The topological polar surface area (TPSA) is 38.0 Å². The van der Waals surface area contributed by atoms with E-state index in [9.17, 15) is 11.8 Å². The highest BCUT2D eigenvalue weighted by Gasteiger charge is 2.34. The molecular formula is C68H36N4S3. The zero-order valence-corrected chi connectivity index (χ0v) is 42.2. The minimum absolute atomic E-state index is 0.415. The van der Waals surface area contributed by atoms with Crippen LogP contribution in [0.4, 0.5) is 5.69 Å². The number of fused-ring (bicyclic) bond motifs is 18. The van der Waals surface area contributed by atoms with Gasteiger partial charge in [0.15, 0.2) is 0 Å². The molecule has 0 N–H and O–H groups in total. The van der Waals surface area contributed by atoms with Gasteiger partial charge < -0.3 is 9.13 Å². The van der Waals surface area contributed by atoms with Crippen molar-refractivity contribution >= 4 is 144 Å². The Morgan fingerprint density at radius 1 is 0.347 bits per heavy atom. The zero-order chi connectivity index (χ0) is 49.5. The van der Waals surface area contributed by atoms with Crippen molar-refractivity contribution in [2.45, 2.75) is 0 Å². The molecule has 0 unspecified atom stereocenters. The molecule has 0 spiro atoms. The molecule has 75 heavy (non-hydrogen) atoms. The average molecular weight is 1010 g/mol. The van der Waals surface area contributed by atoms with Gasteiger partial charge in [-0.25, -0.2) is 4.85 Å². The Balaban J connectivity index is 1.20. The van der Waals surface area contributed by atoms with Crippen molar-refractivity contribution < 1.29 is 0 Å². The van der Waals surface area contributed by atoms with Crippen LogP contribution in [0.3, 0.4) is 0 Å². The van der Waals surface area contributed by atoms with Gasteiger partial charge in [-0.2, -0.15) is 5.26 Å². The van der Waals surface area contributed by atoms with Gasteiger partial charge in [0.1, 0.15) is 6.07 Å². The summed E-state index contributed by atoms with van der Waals surface area (Å²) < 4.78 is 11.8. The highest BCUT2D eigenvalue weighted by Crippen LogP contribution is 2.56. The van der Waals surface area contributed by atoms with Gasteiger partial charge in [-0.3, -0.25) is 0 Å². The number of rotatable bonds is 5. The summed E-state index contributed by atoms with van der Waals surface area (Å²) in [6.45, 7) is 9.77. The van der Waals surface area contributed by atoms with E-state index in [2.05, 4.69) is 221 Å². The van der Waals surface area contributed by atoms with E-state index in [0.717, 1.165) is 108 Å². The van der Waals surface area contributed by atoms with Crippen LogP contribution in [0.2, 0.25) is 0 Å². The summed E-state index contributed by atoms with van der Waals surface area (Å²) >= 11 is 5.36. The van der Waals surface area contributed by atoms with Gasteiger partial charge in [0, 0.05) is 84.7 Å². The normalized spacial score (nSPS) is 12.0. The molecule has 0 amide bonds. The first-order chi connectivity index (χ1) is 37.2. The maximum atomic E-state index is 12.5. The fourth-order valence-corrected chi connectivity index (χ4v) is 16.0. The Bertz CT molecular complexity index is 4990. The number of nitriles is 1. The summed E-state index contributed by atoms with van der Waals surface area (Å²) in [5.41, 5.74) is 11.7. The minimum Gasteiger partial charge on any atom is -0.315 e. The van der Waals surface area contributed by atoms with E-state index < -0.39 is 0 Å². The first-order valence-corrected chi connectivity index (χ1v) is 27.4. The predicted molar refractivity (Wildman–Crippen MR) is 321 cm³/mol. The van der Waals surface area contributed by atoms with Gasteiger partial charge in [0.05, 0.1) is 59.7 Å². The number of hydrogen-bond donors (Lipinski definition) is 0. The molecule has 16 rings (SSSR count). The number of aromatic nitrogens is 2. The molecule has 0 saturated heterocycles. The van der Waals surface area contributed by atoms with Crippen LogP contribution in [-0.2, 0) is 0 Å². The SMILES string of the molecule is [C-]#[N+]c1c(-c2ccccc2)c(-n2c3c(-c4ccccc4)cccc3c3ccc4c5ccccc5sc4c32)c(-c2ccccc2)c(C#N)c1-n1c2c(ccc3c4ccccc4sc32)c2ccc3c4ccccc4sc3c21.